The minimum Gasteiger partial charge on any atom is -0.481 e. The first-order valence-corrected chi connectivity index (χ1v) is 6.66. The second kappa shape index (κ2) is 3.57. The van der Waals surface area contributed by atoms with Gasteiger partial charge >= 0.3 is 5.97 Å². The number of anilines is 1. The van der Waals surface area contributed by atoms with Crippen LogP contribution in [-0.4, -0.2) is 23.5 Å². The van der Waals surface area contributed by atoms with Crippen molar-refractivity contribution in [3.05, 3.63) is 28.2 Å². The molecule has 3 rings (SSSR count). The first kappa shape index (κ1) is 11.7. The summed E-state index contributed by atoms with van der Waals surface area (Å²) in [6, 6.07) is 5.64. The molecular weight excluding hydrogens is 298 g/mol. The van der Waals surface area contributed by atoms with E-state index < -0.39 is 17.3 Å². The Morgan fingerprint density at radius 2 is 2.33 bits per heavy atom. The molecule has 5 heteroatoms. The van der Waals surface area contributed by atoms with Crippen molar-refractivity contribution in [2.75, 3.05) is 11.4 Å². The van der Waals surface area contributed by atoms with E-state index in [1.807, 2.05) is 25.1 Å². The Kier molecular flexibility index (Phi) is 2.32. The van der Waals surface area contributed by atoms with Gasteiger partial charge in [-0.1, -0.05) is 15.9 Å². The molecule has 1 aromatic carbocycles. The van der Waals surface area contributed by atoms with Crippen molar-refractivity contribution in [3.63, 3.8) is 0 Å². The summed E-state index contributed by atoms with van der Waals surface area (Å²) in [4.78, 5) is 25.3. The predicted molar refractivity (Wildman–Crippen MR) is 69.6 cm³/mol. The van der Waals surface area contributed by atoms with Crippen LogP contribution in [0.25, 0.3) is 0 Å². The summed E-state index contributed by atoms with van der Waals surface area (Å²) in [5, 5.41) is 9.17. The number of carbonyl (C=O) groups is 2. The monoisotopic (exact) mass is 309 g/mol. The maximum absolute atomic E-state index is 12.5. The van der Waals surface area contributed by atoms with Crippen molar-refractivity contribution in [3.8, 4) is 0 Å². The molecule has 4 nitrogen and oxygen atoms in total. The predicted octanol–water partition coefficient (Wildman–Crippen LogP) is 2.16. The Balaban J connectivity index is 2.17. The molecule has 2 atom stereocenters. The number of hydrogen-bond acceptors (Lipinski definition) is 2. The van der Waals surface area contributed by atoms with E-state index in [4.69, 9.17) is 5.11 Å². The highest BCUT2D eigenvalue weighted by Gasteiger charge is 2.69. The summed E-state index contributed by atoms with van der Waals surface area (Å²) in [6.07, 6.45) is 0.418. The minimum atomic E-state index is -0.882. The van der Waals surface area contributed by atoms with Crippen LogP contribution in [0.3, 0.4) is 0 Å². The molecule has 1 saturated carbocycles. The third-order valence-electron chi connectivity index (χ3n) is 3.93. The lowest BCUT2D eigenvalue weighted by molar-refractivity contribution is -0.140. The van der Waals surface area contributed by atoms with E-state index in [-0.39, 0.29) is 5.91 Å². The quantitative estimate of drug-likeness (QED) is 0.910. The van der Waals surface area contributed by atoms with Crippen LogP contribution in [0.15, 0.2) is 22.7 Å². The molecule has 94 valence electrons. The molecule has 1 aliphatic carbocycles. The molecular formula is C13H12BrNO3. The lowest BCUT2D eigenvalue weighted by atomic mass is 9.95. The summed E-state index contributed by atoms with van der Waals surface area (Å²) in [7, 11) is 0. The van der Waals surface area contributed by atoms with Crippen LogP contribution in [0.2, 0.25) is 0 Å². The van der Waals surface area contributed by atoms with Gasteiger partial charge in [-0.25, -0.2) is 0 Å². The number of nitrogens with zero attached hydrogens (tertiary/aromatic N) is 1. The normalized spacial score (nSPS) is 28.7. The van der Waals surface area contributed by atoms with Gasteiger partial charge in [0.2, 0.25) is 5.91 Å². The topological polar surface area (TPSA) is 57.6 Å². The standard InChI is InChI=1S/C13H12BrNO3/c1-2-15-10-4-3-7(14)5-8(10)13(12(15)18)6-9(13)11(16)17/h3-5,9H,2,6H2,1H3,(H,16,17). The van der Waals surface area contributed by atoms with Crippen LogP contribution in [0.1, 0.15) is 18.9 Å². The van der Waals surface area contributed by atoms with E-state index >= 15 is 0 Å². The fourth-order valence-corrected chi connectivity index (χ4v) is 3.34. The smallest absolute Gasteiger partial charge is 0.307 e. The van der Waals surface area contributed by atoms with Crippen LogP contribution in [0.5, 0.6) is 0 Å². The number of aliphatic carboxylic acids is 1. The third kappa shape index (κ3) is 1.25. The number of halogens is 1. The number of carbonyl (C=O) groups excluding carboxylic acids is 1. The lowest BCUT2D eigenvalue weighted by Crippen LogP contribution is -2.33. The second-order valence-corrected chi connectivity index (χ2v) is 5.69. The highest BCUT2D eigenvalue weighted by molar-refractivity contribution is 9.10. The molecule has 0 aromatic heterocycles. The molecule has 1 amide bonds. The number of amides is 1. The SMILES string of the molecule is CCN1C(=O)C2(CC2C(=O)O)c2cc(Br)ccc21. The van der Waals surface area contributed by atoms with Gasteiger partial charge in [-0.05, 0) is 37.1 Å². The van der Waals surface area contributed by atoms with E-state index in [1.165, 1.54) is 0 Å². The zero-order valence-corrected chi connectivity index (χ0v) is 11.4. The number of rotatable bonds is 2. The van der Waals surface area contributed by atoms with Crippen LogP contribution in [0.4, 0.5) is 5.69 Å². The average Bonchev–Trinajstić information content (AvgIpc) is 3.03. The molecule has 1 spiro atoms. The Hall–Kier alpha value is -1.36. The van der Waals surface area contributed by atoms with Gasteiger partial charge in [0.15, 0.2) is 0 Å². The van der Waals surface area contributed by atoms with Gasteiger partial charge < -0.3 is 10.0 Å². The Bertz CT molecular complexity index is 571. The zero-order valence-electron chi connectivity index (χ0n) is 9.81. The Labute approximate surface area is 113 Å². The van der Waals surface area contributed by atoms with E-state index in [9.17, 15) is 9.59 Å². The van der Waals surface area contributed by atoms with Crippen LogP contribution < -0.4 is 4.90 Å². The summed E-state index contributed by atoms with van der Waals surface area (Å²) in [5.41, 5.74) is 0.909. The van der Waals surface area contributed by atoms with Crippen molar-refractivity contribution in [1.82, 2.24) is 0 Å². The number of hydrogen-bond donors (Lipinski definition) is 1. The lowest BCUT2D eigenvalue weighted by Gasteiger charge is -2.14. The van der Waals surface area contributed by atoms with E-state index in [2.05, 4.69) is 15.9 Å². The molecule has 1 fully saturated rings. The van der Waals surface area contributed by atoms with Gasteiger partial charge in [0.25, 0.3) is 0 Å². The van der Waals surface area contributed by atoms with Crippen molar-refractivity contribution in [2.45, 2.75) is 18.8 Å². The number of fused-ring (bicyclic) bond motifs is 2. The third-order valence-corrected chi connectivity index (χ3v) is 4.43. The summed E-state index contributed by atoms with van der Waals surface area (Å²) < 4.78 is 0.877. The molecule has 1 heterocycles. The van der Waals surface area contributed by atoms with Gasteiger partial charge in [-0.15, -0.1) is 0 Å². The number of benzene rings is 1. The van der Waals surface area contributed by atoms with Crippen LogP contribution in [-0.2, 0) is 15.0 Å². The first-order chi connectivity index (χ1) is 8.52. The summed E-state index contributed by atoms with van der Waals surface area (Å²) in [6.45, 7) is 2.47. The van der Waals surface area contributed by atoms with Gasteiger partial charge in [0.05, 0.1) is 11.3 Å². The number of likely N-dealkylation sites (N-methyl/N-ethyl adjacent to an activating group) is 1. The maximum Gasteiger partial charge on any atom is 0.307 e. The fourth-order valence-electron chi connectivity index (χ4n) is 2.98. The van der Waals surface area contributed by atoms with Crippen LogP contribution in [0, 0.1) is 5.92 Å². The largest absolute Gasteiger partial charge is 0.481 e. The molecule has 0 saturated heterocycles. The highest BCUT2D eigenvalue weighted by atomic mass is 79.9. The molecule has 1 aliphatic heterocycles. The molecule has 1 aromatic rings. The van der Waals surface area contributed by atoms with Gasteiger partial charge in [0.1, 0.15) is 0 Å². The summed E-state index contributed by atoms with van der Waals surface area (Å²) >= 11 is 3.39. The van der Waals surface area contributed by atoms with E-state index in [0.29, 0.717) is 13.0 Å². The fraction of sp³-hybridized carbons (Fsp3) is 0.385. The summed E-state index contributed by atoms with van der Waals surface area (Å²) in [5.74, 6) is -1.52. The van der Waals surface area contributed by atoms with Gasteiger partial charge in [0, 0.05) is 16.7 Å². The van der Waals surface area contributed by atoms with E-state index in [1.54, 1.807) is 4.90 Å². The number of carboxylic acids is 1. The Morgan fingerprint density at radius 1 is 1.61 bits per heavy atom. The maximum atomic E-state index is 12.5. The first-order valence-electron chi connectivity index (χ1n) is 5.87. The molecule has 0 bridgehead atoms. The minimum absolute atomic E-state index is 0.0644. The van der Waals surface area contributed by atoms with Gasteiger partial charge in [-0.3, -0.25) is 9.59 Å². The molecule has 2 unspecified atom stereocenters. The molecule has 0 radical (unpaired) electrons. The Morgan fingerprint density at radius 3 is 2.89 bits per heavy atom. The van der Waals surface area contributed by atoms with E-state index in [0.717, 1.165) is 15.7 Å². The molecule has 18 heavy (non-hydrogen) atoms. The van der Waals surface area contributed by atoms with Crippen molar-refractivity contribution in [2.24, 2.45) is 5.92 Å². The van der Waals surface area contributed by atoms with Crippen molar-refractivity contribution >= 4 is 33.5 Å². The van der Waals surface area contributed by atoms with Crippen LogP contribution >= 0.6 is 15.9 Å². The second-order valence-electron chi connectivity index (χ2n) is 4.78. The van der Waals surface area contributed by atoms with Crippen molar-refractivity contribution < 1.29 is 14.7 Å². The van der Waals surface area contributed by atoms with Gasteiger partial charge in [-0.2, -0.15) is 0 Å². The molecule has 1 N–H and O–H groups in total. The zero-order chi connectivity index (χ0) is 13.1. The van der Waals surface area contributed by atoms with Crippen molar-refractivity contribution in [1.29, 1.82) is 0 Å². The highest BCUT2D eigenvalue weighted by Crippen LogP contribution is 2.62. The molecule has 2 aliphatic rings. The average molecular weight is 310 g/mol. The number of carboxylic acid groups (broad SMARTS) is 1.